The molecule has 11 heteroatoms. The van der Waals surface area contributed by atoms with Crippen LogP contribution in [0.4, 0.5) is 5.69 Å². The fourth-order valence-corrected chi connectivity index (χ4v) is 8.94. The van der Waals surface area contributed by atoms with Crippen LogP contribution in [0.25, 0.3) is 10.4 Å². The zero-order valence-electron chi connectivity index (χ0n) is 33.0. The van der Waals surface area contributed by atoms with Crippen molar-refractivity contribution in [2.45, 2.75) is 58.5 Å². The van der Waals surface area contributed by atoms with E-state index in [0.717, 1.165) is 71.2 Å². The summed E-state index contributed by atoms with van der Waals surface area (Å²) in [6, 6.07) is 22.6. The van der Waals surface area contributed by atoms with Crippen LogP contribution in [0.2, 0.25) is 0 Å². The molecule has 3 atom stereocenters. The Labute approximate surface area is 339 Å². The average Bonchev–Trinajstić information content (AvgIpc) is 3.89. The van der Waals surface area contributed by atoms with Crippen molar-refractivity contribution in [2.24, 2.45) is 5.92 Å². The molecule has 0 bridgehead atoms. The fraction of sp³-hybridized carbons (Fsp3) is 0.326. The van der Waals surface area contributed by atoms with Crippen LogP contribution in [0.1, 0.15) is 68.0 Å². The van der Waals surface area contributed by atoms with Crippen LogP contribution in [0.3, 0.4) is 0 Å². The number of amides is 2. The van der Waals surface area contributed by atoms with Gasteiger partial charge in [0.05, 0.1) is 39.5 Å². The molecule has 10 nitrogen and oxygen atoms in total. The van der Waals surface area contributed by atoms with Gasteiger partial charge in [0, 0.05) is 55.2 Å². The van der Waals surface area contributed by atoms with Crippen molar-refractivity contribution >= 4 is 40.3 Å². The first-order valence-electron chi connectivity index (χ1n) is 19.8. The first-order valence-corrected chi connectivity index (χ1v) is 20.6. The van der Waals surface area contributed by atoms with Crippen molar-refractivity contribution in [3.63, 3.8) is 0 Å². The third-order valence-corrected chi connectivity index (χ3v) is 12.3. The van der Waals surface area contributed by atoms with E-state index in [1.54, 1.807) is 41.7 Å². The molecular formula is C46H51N7O3S. The number of aromatic nitrogens is 1. The van der Waals surface area contributed by atoms with E-state index in [2.05, 4.69) is 70.3 Å². The van der Waals surface area contributed by atoms with Crippen LogP contribution >= 0.6 is 11.3 Å². The number of phenols is 1. The number of nitrogens with zero attached hydrogens (tertiary/aromatic N) is 4. The highest BCUT2D eigenvalue weighted by Gasteiger charge is 2.39. The summed E-state index contributed by atoms with van der Waals surface area (Å²) in [6.45, 7) is 11.8. The van der Waals surface area contributed by atoms with Crippen LogP contribution in [0.5, 0.6) is 5.75 Å². The second kappa shape index (κ2) is 17.1. The topological polar surface area (TPSA) is 137 Å². The van der Waals surface area contributed by atoms with Gasteiger partial charge in [0.1, 0.15) is 11.8 Å². The van der Waals surface area contributed by atoms with Crippen LogP contribution in [0.15, 0.2) is 114 Å². The van der Waals surface area contributed by atoms with Crippen molar-refractivity contribution in [3.05, 3.63) is 136 Å². The predicted octanol–water partition coefficient (Wildman–Crippen LogP) is 8.02. The minimum atomic E-state index is -0.503. The second-order valence-corrected chi connectivity index (χ2v) is 16.3. The van der Waals surface area contributed by atoms with Gasteiger partial charge in [0.25, 0.3) is 0 Å². The Bertz CT molecular complexity index is 2250. The minimum Gasteiger partial charge on any atom is -0.507 e. The highest BCUT2D eigenvalue weighted by Crippen LogP contribution is 2.34. The molecule has 294 valence electrons. The van der Waals surface area contributed by atoms with Crippen molar-refractivity contribution in [2.75, 3.05) is 37.6 Å². The zero-order chi connectivity index (χ0) is 40.2. The van der Waals surface area contributed by atoms with Crippen LogP contribution in [-0.2, 0) is 9.59 Å². The van der Waals surface area contributed by atoms with Gasteiger partial charge in [-0.25, -0.2) is 4.98 Å². The van der Waals surface area contributed by atoms with E-state index in [9.17, 15) is 14.7 Å². The number of likely N-dealkylation sites (tertiary alicyclic amines) is 1. The highest BCUT2D eigenvalue weighted by atomic mass is 32.1. The molecule has 3 heterocycles. The lowest BCUT2D eigenvalue weighted by Gasteiger charge is -2.38. The SMILES string of the molecule is Cc1ncsc1-c1ccc([C@H](C)NC(=O)[C@@H]2CCCN2C(=O)[C@@H](c2cccc(N3CCN(C4=CC(=N)/C(=C\C(=N)c5ccccc5O)C=C4)CC3)c2)C(C)C)cc1. The Kier molecular flexibility index (Phi) is 11.9. The first-order chi connectivity index (χ1) is 27.5. The quantitative estimate of drug-likeness (QED) is 0.114. The van der Waals surface area contributed by atoms with Crippen LogP contribution in [-0.4, -0.2) is 81.9 Å². The molecular weight excluding hydrogens is 731 g/mol. The minimum absolute atomic E-state index is 0.00384. The molecule has 2 aliphatic heterocycles. The average molecular weight is 782 g/mol. The molecule has 1 aliphatic carbocycles. The third-order valence-electron chi connectivity index (χ3n) is 11.3. The highest BCUT2D eigenvalue weighted by molar-refractivity contribution is 7.13. The van der Waals surface area contributed by atoms with Crippen molar-refractivity contribution in [3.8, 4) is 16.2 Å². The van der Waals surface area contributed by atoms with Gasteiger partial charge in [0.2, 0.25) is 11.8 Å². The van der Waals surface area contributed by atoms with E-state index in [-0.39, 0.29) is 41.2 Å². The summed E-state index contributed by atoms with van der Waals surface area (Å²) in [5.41, 5.74) is 9.52. The lowest BCUT2D eigenvalue weighted by Crippen LogP contribution is -2.48. The number of anilines is 1. The van der Waals surface area contributed by atoms with E-state index < -0.39 is 6.04 Å². The summed E-state index contributed by atoms with van der Waals surface area (Å²) in [4.78, 5) is 40.1. The Morgan fingerprint density at radius 2 is 1.67 bits per heavy atom. The molecule has 4 aromatic rings. The largest absolute Gasteiger partial charge is 0.507 e. The standard InChI is InChI=1S/C46H51N7O3S/c1-29(2)43(46(56)53-20-8-12-41(53)45(55)50-30(3)32-14-16-33(17-15-32)44-31(4)49-28-57-44)35-9-7-10-36(25-35)51-21-23-52(24-22-51)37-19-18-34(39(47)27-37)26-40(48)38-11-5-6-13-42(38)54/h5-7,9-11,13-19,25-30,41,43,47-48,54H,8,12,20-24H2,1-4H3,(H,50,55)/b34-26-,47-39?,48-40?/t30-,41-,43+/m0/s1. The molecule has 0 spiro atoms. The van der Waals surface area contributed by atoms with Gasteiger partial charge in [-0.1, -0.05) is 68.5 Å². The number of para-hydroxylation sites is 1. The van der Waals surface area contributed by atoms with Gasteiger partial charge in [-0.15, -0.1) is 11.3 Å². The summed E-state index contributed by atoms with van der Waals surface area (Å²) in [5.74, 6) is -0.400. The zero-order valence-corrected chi connectivity index (χ0v) is 33.9. The summed E-state index contributed by atoms with van der Waals surface area (Å²) in [6.07, 6.45) is 8.76. The molecule has 0 radical (unpaired) electrons. The maximum Gasteiger partial charge on any atom is 0.243 e. The van der Waals surface area contributed by atoms with E-state index >= 15 is 0 Å². The Balaban J connectivity index is 0.968. The number of rotatable bonds is 11. The number of hydrogen-bond acceptors (Lipinski definition) is 9. The van der Waals surface area contributed by atoms with Gasteiger partial charge in [-0.3, -0.25) is 9.59 Å². The number of carbonyl (C=O) groups is 2. The van der Waals surface area contributed by atoms with E-state index in [4.69, 9.17) is 10.8 Å². The predicted molar refractivity (Wildman–Crippen MR) is 229 cm³/mol. The van der Waals surface area contributed by atoms with Gasteiger partial charge < -0.3 is 35.9 Å². The second-order valence-electron chi connectivity index (χ2n) is 15.4. The number of phenolic OH excluding ortho intramolecular Hbond substituents is 1. The number of hydrogen-bond donors (Lipinski definition) is 4. The normalized spacial score (nSPS) is 18.9. The fourth-order valence-electron chi connectivity index (χ4n) is 8.13. The summed E-state index contributed by atoms with van der Waals surface area (Å²) in [7, 11) is 0. The third kappa shape index (κ3) is 8.63. The Morgan fingerprint density at radius 1 is 0.930 bits per heavy atom. The molecule has 2 saturated heterocycles. The summed E-state index contributed by atoms with van der Waals surface area (Å²) < 4.78 is 0. The van der Waals surface area contributed by atoms with Crippen LogP contribution < -0.4 is 10.2 Å². The van der Waals surface area contributed by atoms with E-state index in [0.29, 0.717) is 29.8 Å². The number of benzene rings is 3. The van der Waals surface area contributed by atoms with E-state index in [1.807, 2.05) is 54.6 Å². The smallest absolute Gasteiger partial charge is 0.243 e. The molecule has 1 aromatic heterocycles. The van der Waals surface area contributed by atoms with Crippen molar-refractivity contribution in [1.82, 2.24) is 20.1 Å². The lowest BCUT2D eigenvalue weighted by atomic mass is 9.86. The maximum absolute atomic E-state index is 14.4. The first kappa shape index (κ1) is 39.4. The van der Waals surface area contributed by atoms with Gasteiger partial charge >= 0.3 is 0 Å². The number of nitrogens with one attached hydrogen (secondary N) is 3. The summed E-state index contributed by atoms with van der Waals surface area (Å²) >= 11 is 1.62. The molecule has 4 N–H and O–H groups in total. The number of thiazole rings is 1. The number of allylic oxidation sites excluding steroid dienone is 5. The van der Waals surface area contributed by atoms with E-state index in [1.165, 1.54) is 0 Å². The van der Waals surface area contributed by atoms with Gasteiger partial charge in [-0.05, 0) is 91.8 Å². The molecule has 57 heavy (non-hydrogen) atoms. The Morgan fingerprint density at radius 3 is 2.35 bits per heavy atom. The summed E-state index contributed by atoms with van der Waals surface area (Å²) in [5, 5.41) is 30.4. The molecule has 3 aromatic carbocycles. The monoisotopic (exact) mass is 781 g/mol. The number of aromatic hydroxyl groups is 1. The van der Waals surface area contributed by atoms with Crippen molar-refractivity contribution < 1.29 is 14.7 Å². The number of carbonyl (C=O) groups excluding carboxylic acids is 2. The van der Waals surface area contributed by atoms with Crippen molar-refractivity contribution in [1.29, 1.82) is 10.8 Å². The number of aryl methyl sites for hydroxylation is 1. The molecule has 2 fully saturated rings. The molecule has 0 saturated carbocycles. The lowest BCUT2D eigenvalue weighted by molar-refractivity contribution is -0.140. The molecule has 7 rings (SSSR count). The Hall–Kier alpha value is -5.81. The van der Waals surface area contributed by atoms with Crippen LogP contribution in [0, 0.1) is 23.7 Å². The van der Waals surface area contributed by atoms with Gasteiger partial charge in [0.15, 0.2) is 0 Å². The molecule has 3 aliphatic rings. The molecule has 0 unspecified atom stereocenters. The van der Waals surface area contributed by atoms with Gasteiger partial charge in [-0.2, -0.15) is 0 Å². The maximum atomic E-state index is 14.4. The molecule has 2 amide bonds. The number of piperazine rings is 1.